The van der Waals surface area contributed by atoms with Crippen molar-refractivity contribution in [3.05, 3.63) is 32.7 Å². The Morgan fingerprint density at radius 3 is 2.44 bits per heavy atom. The molecule has 1 aliphatic heterocycles. The number of piperidine rings is 1. The standard InChI is InChI=1S/C13H13Br2NO2/c1-8-7-16(3-2-12(8)17)13(18)9-4-10(14)6-11(15)5-9/h4-6,8H,2-3,7H2,1H3. The van der Waals surface area contributed by atoms with Crippen LogP contribution in [0.4, 0.5) is 0 Å². The van der Waals surface area contributed by atoms with Crippen molar-refractivity contribution in [2.24, 2.45) is 5.92 Å². The Morgan fingerprint density at radius 2 is 1.89 bits per heavy atom. The van der Waals surface area contributed by atoms with Crippen LogP contribution in [0.15, 0.2) is 27.1 Å². The summed E-state index contributed by atoms with van der Waals surface area (Å²) in [5, 5.41) is 0. The highest BCUT2D eigenvalue weighted by molar-refractivity contribution is 9.11. The molecule has 1 aromatic rings. The molecule has 18 heavy (non-hydrogen) atoms. The van der Waals surface area contributed by atoms with Gasteiger partial charge in [0.1, 0.15) is 5.78 Å². The summed E-state index contributed by atoms with van der Waals surface area (Å²) in [5.41, 5.74) is 0.637. The maximum atomic E-state index is 12.3. The second-order valence-corrected chi connectivity index (χ2v) is 6.36. The first kappa shape index (κ1) is 13.7. The minimum absolute atomic E-state index is 0.0173. The summed E-state index contributed by atoms with van der Waals surface area (Å²) in [5.74, 6) is 0.170. The van der Waals surface area contributed by atoms with Gasteiger partial charge in [0.25, 0.3) is 5.91 Å². The molecule has 1 amide bonds. The van der Waals surface area contributed by atoms with Gasteiger partial charge >= 0.3 is 0 Å². The van der Waals surface area contributed by atoms with E-state index in [2.05, 4.69) is 31.9 Å². The summed E-state index contributed by atoms with van der Waals surface area (Å²) in [7, 11) is 0. The van der Waals surface area contributed by atoms with Gasteiger partial charge in [-0.3, -0.25) is 9.59 Å². The summed E-state index contributed by atoms with van der Waals surface area (Å²) in [4.78, 5) is 25.5. The van der Waals surface area contributed by atoms with Crippen LogP contribution in [0, 0.1) is 5.92 Å². The van der Waals surface area contributed by atoms with Crippen LogP contribution in [0.25, 0.3) is 0 Å². The number of benzene rings is 1. The molecule has 0 bridgehead atoms. The normalized spacial score (nSPS) is 20.1. The molecule has 1 heterocycles. The summed E-state index contributed by atoms with van der Waals surface area (Å²) in [6, 6.07) is 5.49. The number of carbonyl (C=O) groups is 2. The van der Waals surface area contributed by atoms with E-state index < -0.39 is 0 Å². The van der Waals surface area contributed by atoms with Crippen molar-refractivity contribution >= 4 is 43.6 Å². The zero-order chi connectivity index (χ0) is 13.3. The topological polar surface area (TPSA) is 37.4 Å². The van der Waals surface area contributed by atoms with Crippen molar-refractivity contribution in [1.29, 1.82) is 0 Å². The Morgan fingerprint density at radius 1 is 1.28 bits per heavy atom. The molecule has 0 saturated carbocycles. The molecule has 1 atom stereocenters. The molecule has 1 unspecified atom stereocenters. The van der Waals surface area contributed by atoms with E-state index >= 15 is 0 Å². The van der Waals surface area contributed by atoms with Gasteiger partial charge in [-0.25, -0.2) is 0 Å². The van der Waals surface area contributed by atoms with E-state index in [0.717, 1.165) is 8.95 Å². The molecule has 5 heteroatoms. The van der Waals surface area contributed by atoms with Gasteiger partial charge < -0.3 is 4.90 Å². The number of halogens is 2. The molecule has 0 aliphatic carbocycles. The molecule has 0 aromatic heterocycles. The smallest absolute Gasteiger partial charge is 0.253 e. The van der Waals surface area contributed by atoms with Crippen LogP contribution in [0.1, 0.15) is 23.7 Å². The zero-order valence-corrected chi connectivity index (χ0v) is 13.1. The lowest BCUT2D eigenvalue weighted by Crippen LogP contribution is -2.43. The third-order valence-electron chi connectivity index (χ3n) is 3.07. The van der Waals surface area contributed by atoms with Crippen LogP contribution >= 0.6 is 31.9 Å². The Bertz CT molecular complexity index is 482. The van der Waals surface area contributed by atoms with Gasteiger partial charge in [-0.1, -0.05) is 38.8 Å². The molecule has 0 radical (unpaired) electrons. The second kappa shape index (κ2) is 5.53. The molecule has 1 aliphatic rings. The van der Waals surface area contributed by atoms with Crippen LogP contribution in [0.5, 0.6) is 0 Å². The first-order chi connectivity index (χ1) is 8.47. The van der Waals surface area contributed by atoms with E-state index in [1.165, 1.54) is 0 Å². The number of ketones is 1. The predicted octanol–water partition coefficient (Wildman–Crippen LogP) is 3.26. The van der Waals surface area contributed by atoms with Crippen LogP contribution in [0.2, 0.25) is 0 Å². The predicted molar refractivity (Wildman–Crippen MR) is 76.5 cm³/mol. The van der Waals surface area contributed by atoms with Crippen molar-refractivity contribution < 1.29 is 9.59 Å². The van der Waals surface area contributed by atoms with E-state index in [1.807, 2.05) is 13.0 Å². The average Bonchev–Trinajstić information content (AvgIpc) is 2.30. The summed E-state index contributed by atoms with van der Waals surface area (Å²) in [6.45, 7) is 2.91. The SMILES string of the molecule is CC1CN(C(=O)c2cc(Br)cc(Br)c2)CCC1=O. The fourth-order valence-electron chi connectivity index (χ4n) is 2.06. The Hall–Kier alpha value is -0.680. The lowest BCUT2D eigenvalue weighted by Gasteiger charge is -2.30. The summed E-state index contributed by atoms with van der Waals surface area (Å²) < 4.78 is 1.72. The van der Waals surface area contributed by atoms with Crippen molar-refractivity contribution in [3.63, 3.8) is 0 Å². The number of rotatable bonds is 1. The number of hydrogen-bond acceptors (Lipinski definition) is 2. The zero-order valence-electron chi connectivity index (χ0n) is 9.95. The lowest BCUT2D eigenvalue weighted by molar-refractivity contribution is -0.124. The lowest BCUT2D eigenvalue weighted by atomic mass is 9.98. The van der Waals surface area contributed by atoms with Crippen molar-refractivity contribution in [1.82, 2.24) is 4.90 Å². The van der Waals surface area contributed by atoms with E-state index in [9.17, 15) is 9.59 Å². The Kier molecular flexibility index (Phi) is 4.22. The molecular weight excluding hydrogens is 362 g/mol. The monoisotopic (exact) mass is 373 g/mol. The highest BCUT2D eigenvalue weighted by atomic mass is 79.9. The first-order valence-corrected chi connectivity index (χ1v) is 7.34. The van der Waals surface area contributed by atoms with E-state index in [1.54, 1.807) is 17.0 Å². The number of nitrogens with zero attached hydrogens (tertiary/aromatic N) is 1. The molecule has 1 aromatic carbocycles. The number of amides is 1. The quantitative estimate of drug-likeness (QED) is 0.756. The van der Waals surface area contributed by atoms with Crippen LogP contribution in [-0.4, -0.2) is 29.7 Å². The maximum absolute atomic E-state index is 12.3. The van der Waals surface area contributed by atoms with E-state index in [0.29, 0.717) is 25.1 Å². The summed E-state index contributed by atoms with van der Waals surface area (Å²) >= 11 is 6.74. The first-order valence-electron chi connectivity index (χ1n) is 5.75. The van der Waals surface area contributed by atoms with Gasteiger partial charge in [0.05, 0.1) is 0 Å². The minimum atomic E-state index is -0.0571. The molecule has 1 fully saturated rings. The number of hydrogen-bond donors (Lipinski definition) is 0. The van der Waals surface area contributed by atoms with E-state index in [4.69, 9.17) is 0 Å². The van der Waals surface area contributed by atoms with Gasteiger partial charge in [0, 0.05) is 39.9 Å². The largest absolute Gasteiger partial charge is 0.337 e. The fourth-order valence-corrected chi connectivity index (χ4v) is 3.35. The van der Waals surface area contributed by atoms with Gasteiger partial charge in [-0.05, 0) is 18.2 Å². The number of carbonyl (C=O) groups excluding carboxylic acids is 2. The van der Waals surface area contributed by atoms with Crippen LogP contribution in [0.3, 0.4) is 0 Å². The molecule has 0 N–H and O–H groups in total. The molecule has 2 rings (SSSR count). The molecule has 3 nitrogen and oxygen atoms in total. The Labute approximate surface area is 123 Å². The highest BCUT2D eigenvalue weighted by Gasteiger charge is 2.27. The molecule has 1 saturated heterocycles. The second-order valence-electron chi connectivity index (χ2n) is 4.53. The molecule has 0 spiro atoms. The van der Waals surface area contributed by atoms with Gasteiger partial charge in [0.15, 0.2) is 0 Å². The maximum Gasteiger partial charge on any atom is 0.253 e. The van der Waals surface area contributed by atoms with Gasteiger partial charge in [-0.15, -0.1) is 0 Å². The van der Waals surface area contributed by atoms with Crippen molar-refractivity contribution in [2.45, 2.75) is 13.3 Å². The molecular formula is C13H13Br2NO2. The molecule has 96 valence electrons. The van der Waals surface area contributed by atoms with Crippen molar-refractivity contribution in [3.8, 4) is 0 Å². The fraction of sp³-hybridized carbons (Fsp3) is 0.385. The van der Waals surface area contributed by atoms with Gasteiger partial charge in [0.2, 0.25) is 0 Å². The van der Waals surface area contributed by atoms with E-state index in [-0.39, 0.29) is 17.6 Å². The third kappa shape index (κ3) is 3.01. The number of likely N-dealkylation sites (tertiary alicyclic amines) is 1. The van der Waals surface area contributed by atoms with Gasteiger partial charge in [-0.2, -0.15) is 0 Å². The average molecular weight is 375 g/mol. The van der Waals surface area contributed by atoms with Crippen LogP contribution in [-0.2, 0) is 4.79 Å². The number of Topliss-reactive ketones (excluding diaryl/α,β-unsaturated/α-hetero) is 1. The van der Waals surface area contributed by atoms with Crippen molar-refractivity contribution in [2.75, 3.05) is 13.1 Å². The highest BCUT2D eigenvalue weighted by Crippen LogP contribution is 2.22. The van der Waals surface area contributed by atoms with Crippen LogP contribution < -0.4 is 0 Å². The summed E-state index contributed by atoms with van der Waals surface area (Å²) in [6.07, 6.45) is 0.460. The third-order valence-corrected chi connectivity index (χ3v) is 3.98. The minimum Gasteiger partial charge on any atom is -0.337 e. The Balaban J connectivity index is 2.18.